The Balaban J connectivity index is 1.13. The van der Waals surface area contributed by atoms with Crippen LogP contribution in [0.5, 0.6) is 0 Å². The van der Waals surface area contributed by atoms with E-state index in [-0.39, 0.29) is 28.2 Å². The van der Waals surface area contributed by atoms with Crippen LogP contribution in [-0.4, -0.2) is 77.6 Å². The zero-order chi connectivity index (χ0) is 25.6. The molecule has 10 nitrogen and oxygen atoms in total. The van der Waals surface area contributed by atoms with Crippen molar-refractivity contribution < 1.29 is 9.18 Å². The third-order valence-electron chi connectivity index (χ3n) is 7.49. The maximum absolute atomic E-state index is 13.6. The van der Waals surface area contributed by atoms with Crippen LogP contribution in [0.1, 0.15) is 29.6 Å². The number of piperazine rings is 1. The number of carbonyl (C=O) groups excluding carboxylic acids is 1. The van der Waals surface area contributed by atoms with Crippen molar-refractivity contribution in [2.75, 3.05) is 26.2 Å². The average Bonchev–Trinajstić information content (AvgIpc) is 3.57. The Morgan fingerprint density at radius 2 is 2.03 bits per heavy atom. The lowest BCUT2D eigenvalue weighted by molar-refractivity contribution is -0.0158. The van der Waals surface area contributed by atoms with E-state index < -0.39 is 5.82 Å². The molecule has 1 saturated heterocycles. The second-order valence-corrected chi connectivity index (χ2v) is 9.94. The number of pyridine rings is 1. The van der Waals surface area contributed by atoms with Crippen LogP contribution >= 0.6 is 11.6 Å². The second kappa shape index (κ2) is 9.21. The van der Waals surface area contributed by atoms with Crippen LogP contribution in [0, 0.1) is 17.1 Å². The van der Waals surface area contributed by atoms with E-state index in [0.29, 0.717) is 32.6 Å². The summed E-state index contributed by atoms with van der Waals surface area (Å²) in [6, 6.07) is 5.70. The van der Waals surface area contributed by atoms with E-state index in [1.807, 2.05) is 23.1 Å². The van der Waals surface area contributed by atoms with Crippen molar-refractivity contribution in [3.05, 3.63) is 59.8 Å². The summed E-state index contributed by atoms with van der Waals surface area (Å²) in [6.07, 6.45) is 10.1. The Hall–Kier alpha value is -3.88. The smallest absolute Gasteiger partial charge is 0.257 e. The third-order valence-corrected chi connectivity index (χ3v) is 7.79. The van der Waals surface area contributed by atoms with E-state index in [1.54, 1.807) is 11.1 Å². The number of nitrogens with zero attached hydrogens (tertiary/aromatic N) is 8. The second-order valence-electron chi connectivity index (χ2n) is 9.58. The standard InChI is InChI=1S/C25H23ClFN9O/c26-22-20(9-17(27)13-30-22)24(37)35-7-5-34(6-8-35)18-10-25(11-18,2-3-28)36-14-16(12-33-36)21-19-1-4-29-23(19)32-15-31-21/h1,4,9,12-15,18H,2,5-8,10-11H2,(H,29,31,32). The number of fused-ring (bicyclic) bond motifs is 1. The molecule has 1 aliphatic carbocycles. The largest absolute Gasteiger partial charge is 0.346 e. The number of aromatic amines is 1. The van der Waals surface area contributed by atoms with E-state index in [9.17, 15) is 14.4 Å². The van der Waals surface area contributed by atoms with Gasteiger partial charge in [0.2, 0.25) is 0 Å². The van der Waals surface area contributed by atoms with Crippen molar-refractivity contribution in [1.82, 2.24) is 39.5 Å². The van der Waals surface area contributed by atoms with Crippen LogP contribution in [0.4, 0.5) is 4.39 Å². The van der Waals surface area contributed by atoms with Gasteiger partial charge in [0.1, 0.15) is 22.9 Å². The molecule has 37 heavy (non-hydrogen) atoms. The molecule has 1 N–H and O–H groups in total. The molecule has 0 aromatic carbocycles. The van der Waals surface area contributed by atoms with Gasteiger partial charge in [0.05, 0.1) is 41.7 Å². The Labute approximate surface area is 216 Å². The molecule has 0 bridgehead atoms. The topological polar surface area (TPSA) is 120 Å². The zero-order valence-corrected chi connectivity index (χ0v) is 20.6. The summed E-state index contributed by atoms with van der Waals surface area (Å²) in [7, 11) is 0. The lowest BCUT2D eigenvalue weighted by Gasteiger charge is -2.52. The van der Waals surface area contributed by atoms with Gasteiger partial charge in [-0.15, -0.1) is 0 Å². The first kappa shape index (κ1) is 23.5. The number of hydrogen-bond acceptors (Lipinski definition) is 7. The monoisotopic (exact) mass is 519 g/mol. The summed E-state index contributed by atoms with van der Waals surface area (Å²) in [6.45, 7) is 2.41. The number of rotatable bonds is 5. The number of halogens is 2. The van der Waals surface area contributed by atoms with Crippen molar-refractivity contribution in [2.24, 2.45) is 0 Å². The number of hydrogen-bond donors (Lipinski definition) is 1. The van der Waals surface area contributed by atoms with Crippen molar-refractivity contribution in [3.8, 4) is 17.3 Å². The molecular weight excluding hydrogens is 497 g/mol. The van der Waals surface area contributed by atoms with Crippen molar-refractivity contribution >= 4 is 28.5 Å². The van der Waals surface area contributed by atoms with Gasteiger partial charge in [-0.05, 0) is 25.0 Å². The normalized spacial score (nSPS) is 22.1. The Kier molecular flexibility index (Phi) is 5.85. The van der Waals surface area contributed by atoms with E-state index >= 15 is 0 Å². The predicted molar refractivity (Wildman–Crippen MR) is 133 cm³/mol. The number of aromatic nitrogens is 6. The van der Waals surface area contributed by atoms with E-state index in [2.05, 4.69) is 36.0 Å². The van der Waals surface area contributed by atoms with E-state index in [4.69, 9.17) is 11.6 Å². The minimum Gasteiger partial charge on any atom is -0.346 e. The fourth-order valence-electron chi connectivity index (χ4n) is 5.48. The summed E-state index contributed by atoms with van der Waals surface area (Å²) in [5.74, 6) is -0.900. The number of amides is 1. The molecule has 4 aromatic rings. The molecule has 5 heterocycles. The van der Waals surface area contributed by atoms with Crippen LogP contribution in [-0.2, 0) is 5.54 Å². The molecule has 0 spiro atoms. The summed E-state index contributed by atoms with van der Waals surface area (Å²) >= 11 is 6.03. The van der Waals surface area contributed by atoms with E-state index in [1.165, 1.54) is 6.33 Å². The molecule has 1 aliphatic heterocycles. The van der Waals surface area contributed by atoms with Crippen LogP contribution in [0.2, 0.25) is 5.15 Å². The molecular formula is C25H23ClFN9O. The van der Waals surface area contributed by atoms with Gasteiger partial charge >= 0.3 is 0 Å². The molecule has 4 aromatic heterocycles. The van der Waals surface area contributed by atoms with Gasteiger partial charge < -0.3 is 9.88 Å². The Morgan fingerprint density at radius 1 is 1.22 bits per heavy atom. The minimum atomic E-state index is -0.589. The molecule has 0 atom stereocenters. The Bertz CT molecular complexity index is 1510. The molecule has 1 saturated carbocycles. The minimum absolute atomic E-state index is 0.00640. The fourth-order valence-corrected chi connectivity index (χ4v) is 5.66. The van der Waals surface area contributed by atoms with Gasteiger partial charge in [0.25, 0.3) is 5.91 Å². The Morgan fingerprint density at radius 3 is 2.81 bits per heavy atom. The lowest BCUT2D eigenvalue weighted by atomic mass is 9.70. The van der Waals surface area contributed by atoms with Crippen LogP contribution in [0.3, 0.4) is 0 Å². The summed E-state index contributed by atoms with van der Waals surface area (Å²) in [4.78, 5) is 32.4. The van der Waals surface area contributed by atoms with Crippen molar-refractivity contribution in [3.63, 3.8) is 0 Å². The zero-order valence-electron chi connectivity index (χ0n) is 19.8. The maximum Gasteiger partial charge on any atom is 0.257 e. The average molecular weight is 520 g/mol. The number of carbonyl (C=O) groups is 1. The highest BCUT2D eigenvalue weighted by atomic mass is 35.5. The first-order chi connectivity index (χ1) is 18.0. The molecule has 12 heteroatoms. The highest BCUT2D eigenvalue weighted by Crippen LogP contribution is 2.45. The molecule has 0 unspecified atom stereocenters. The first-order valence-corrected chi connectivity index (χ1v) is 12.4. The number of H-pyrrole nitrogens is 1. The number of nitrogens with one attached hydrogen (secondary N) is 1. The molecule has 0 radical (unpaired) electrons. The van der Waals surface area contributed by atoms with Crippen LogP contribution in [0.25, 0.3) is 22.3 Å². The molecule has 188 valence electrons. The SMILES string of the molecule is N#CCC1(n2cc(-c3ncnc4[nH]ccc34)cn2)CC(N2CCN(C(=O)c3cc(F)cnc3Cl)CC2)C1. The lowest BCUT2D eigenvalue weighted by Crippen LogP contribution is -2.60. The van der Waals surface area contributed by atoms with Crippen LogP contribution in [0.15, 0.2) is 43.2 Å². The van der Waals surface area contributed by atoms with Crippen molar-refractivity contribution in [2.45, 2.75) is 30.8 Å². The number of nitriles is 1. The van der Waals surface area contributed by atoms with E-state index in [0.717, 1.165) is 47.4 Å². The molecule has 1 amide bonds. The maximum atomic E-state index is 13.6. The molecule has 2 fully saturated rings. The van der Waals surface area contributed by atoms with Gasteiger partial charge in [-0.2, -0.15) is 10.4 Å². The summed E-state index contributed by atoms with van der Waals surface area (Å²) in [5.41, 5.74) is 2.15. The molecule has 6 rings (SSSR count). The highest BCUT2D eigenvalue weighted by Gasteiger charge is 2.49. The van der Waals surface area contributed by atoms with Gasteiger partial charge in [-0.3, -0.25) is 14.4 Å². The first-order valence-electron chi connectivity index (χ1n) is 12.0. The van der Waals surface area contributed by atoms with Gasteiger partial charge in [0.15, 0.2) is 0 Å². The summed E-state index contributed by atoms with van der Waals surface area (Å²) < 4.78 is 15.5. The quantitative estimate of drug-likeness (QED) is 0.402. The van der Waals surface area contributed by atoms with Crippen LogP contribution < -0.4 is 0 Å². The third kappa shape index (κ3) is 4.12. The van der Waals surface area contributed by atoms with Crippen molar-refractivity contribution in [1.29, 1.82) is 5.26 Å². The fraction of sp³-hybridized carbons (Fsp3) is 0.360. The van der Waals surface area contributed by atoms with Gasteiger partial charge in [-0.1, -0.05) is 11.6 Å². The van der Waals surface area contributed by atoms with Gasteiger partial charge in [-0.25, -0.2) is 19.3 Å². The highest BCUT2D eigenvalue weighted by molar-refractivity contribution is 6.32. The van der Waals surface area contributed by atoms with Gasteiger partial charge in [0, 0.05) is 55.6 Å². The summed E-state index contributed by atoms with van der Waals surface area (Å²) in [5, 5.41) is 15.2. The predicted octanol–water partition coefficient (Wildman–Crippen LogP) is 3.24. The molecule has 2 aliphatic rings.